The van der Waals surface area contributed by atoms with Crippen LogP contribution in [0.2, 0.25) is 0 Å². The Bertz CT molecular complexity index is 888. The second kappa shape index (κ2) is 9.51. The molecule has 1 aliphatic heterocycles. The monoisotopic (exact) mass is 474 g/mol. The first-order valence-corrected chi connectivity index (χ1v) is 10.8. The molecule has 2 amide bonds. The van der Waals surface area contributed by atoms with E-state index in [0.29, 0.717) is 48.6 Å². The molecule has 160 valence electrons. The van der Waals surface area contributed by atoms with E-state index in [-0.39, 0.29) is 12.0 Å². The van der Waals surface area contributed by atoms with Gasteiger partial charge in [-0.15, -0.1) is 0 Å². The van der Waals surface area contributed by atoms with E-state index < -0.39 is 5.60 Å². The van der Waals surface area contributed by atoms with E-state index in [0.717, 1.165) is 5.56 Å². The number of piperazine rings is 1. The highest BCUT2D eigenvalue weighted by Gasteiger charge is 2.28. The molecule has 1 saturated heterocycles. The summed E-state index contributed by atoms with van der Waals surface area (Å²) in [5, 5.41) is 0. The van der Waals surface area contributed by atoms with E-state index >= 15 is 0 Å². The topological polar surface area (TPSA) is 59.1 Å². The Balaban J connectivity index is 1.56. The molecule has 2 aromatic rings. The fourth-order valence-electron chi connectivity index (χ4n) is 3.09. The van der Waals surface area contributed by atoms with Crippen molar-refractivity contribution in [3.8, 4) is 5.75 Å². The van der Waals surface area contributed by atoms with Crippen LogP contribution in [0.1, 0.15) is 36.7 Å². The van der Waals surface area contributed by atoms with Crippen LogP contribution in [-0.4, -0.2) is 53.6 Å². The molecule has 0 saturated carbocycles. The third-order valence-corrected chi connectivity index (χ3v) is 5.29. The van der Waals surface area contributed by atoms with Crippen LogP contribution >= 0.6 is 15.9 Å². The highest BCUT2D eigenvalue weighted by Crippen LogP contribution is 2.25. The van der Waals surface area contributed by atoms with Gasteiger partial charge in [0, 0.05) is 30.7 Å². The van der Waals surface area contributed by atoms with Crippen molar-refractivity contribution < 1.29 is 19.1 Å². The van der Waals surface area contributed by atoms with Crippen molar-refractivity contribution in [2.24, 2.45) is 0 Å². The van der Waals surface area contributed by atoms with Crippen LogP contribution in [0.4, 0.5) is 4.79 Å². The van der Waals surface area contributed by atoms with Gasteiger partial charge >= 0.3 is 6.09 Å². The van der Waals surface area contributed by atoms with Gasteiger partial charge in [0.05, 0.1) is 5.56 Å². The highest BCUT2D eigenvalue weighted by atomic mass is 79.9. The Labute approximate surface area is 185 Å². The molecule has 0 N–H and O–H groups in total. The smallest absolute Gasteiger partial charge is 0.410 e. The quantitative estimate of drug-likeness (QED) is 0.642. The molecule has 0 aliphatic carbocycles. The molecule has 0 unspecified atom stereocenters. The largest absolute Gasteiger partial charge is 0.489 e. The first kappa shape index (κ1) is 22.2. The van der Waals surface area contributed by atoms with Gasteiger partial charge in [-0.3, -0.25) is 4.79 Å². The Morgan fingerprint density at radius 1 is 0.967 bits per heavy atom. The number of nitrogens with zero attached hydrogens (tertiary/aromatic N) is 2. The second-order valence-corrected chi connectivity index (χ2v) is 9.03. The lowest BCUT2D eigenvalue weighted by Crippen LogP contribution is -2.51. The fourth-order valence-corrected chi connectivity index (χ4v) is 3.62. The summed E-state index contributed by atoms with van der Waals surface area (Å²) in [5.74, 6) is 0.623. The van der Waals surface area contributed by atoms with E-state index in [2.05, 4.69) is 15.9 Å². The summed E-state index contributed by atoms with van der Waals surface area (Å²) in [6.07, 6.45) is -0.337. The summed E-state index contributed by atoms with van der Waals surface area (Å²) in [6, 6.07) is 15.3. The van der Waals surface area contributed by atoms with Crippen molar-refractivity contribution in [1.82, 2.24) is 9.80 Å². The van der Waals surface area contributed by atoms with Crippen molar-refractivity contribution in [3.63, 3.8) is 0 Å². The third kappa shape index (κ3) is 5.98. The lowest BCUT2D eigenvalue weighted by Gasteiger charge is -2.35. The van der Waals surface area contributed by atoms with Gasteiger partial charge in [0.2, 0.25) is 0 Å². The van der Waals surface area contributed by atoms with Gasteiger partial charge in [-0.2, -0.15) is 0 Å². The average Bonchev–Trinajstić information content (AvgIpc) is 2.71. The van der Waals surface area contributed by atoms with Crippen molar-refractivity contribution in [3.05, 3.63) is 64.1 Å². The molecule has 1 aliphatic rings. The molecule has 6 nitrogen and oxygen atoms in total. The molecular weight excluding hydrogens is 448 g/mol. The molecule has 0 spiro atoms. The average molecular weight is 475 g/mol. The van der Waals surface area contributed by atoms with Crippen LogP contribution in [0.5, 0.6) is 5.75 Å². The molecular formula is C23H27BrN2O4. The number of hydrogen-bond acceptors (Lipinski definition) is 4. The van der Waals surface area contributed by atoms with Crippen LogP contribution in [0.15, 0.2) is 53.0 Å². The normalized spacial score (nSPS) is 14.4. The van der Waals surface area contributed by atoms with Gasteiger partial charge in [0.15, 0.2) is 0 Å². The summed E-state index contributed by atoms with van der Waals surface area (Å²) in [5.41, 5.74) is 1.13. The maximum atomic E-state index is 12.9. The highest BCUT2D eigenvalue weighted by molar-refractivity contribution is 9.10. The predicted octanol–water partition coefficient (Wildman–Crippen LogP) is 4.72. The molecule has 1 heterocycles. The van der Waals surface area contributed by atoms with Gasteiger partial charge in [-0.25, -0.2) is 4.79 Å². The van der Waals surface area contributed by atoms with Gasteiger partial charge in [0.25, 0.3) is 5.91 Å². The van der Waals surface area contributed by atoms with Crippen molar-refractivity contribution in [2.45, 2.75) is 33.0 Å². The molecule has 0 bridgehead atoms. The minimum absolute atomic E-state index is 0.0691. The van der Waals surface area contributed by atoms with E-state index in [9.17, 15) is 9.59 Å². The number of hydrogen-bond donors (Lipinski definition) is 0. The zero-order valence-corrected chi connectivity index (χ0v) is 19.1. The second-order valence-electron chi connectivity index (χ2n) is 8.18. The molecule has 7 heteroatoms. The van der Waals surface area contributed by atoms with Crippen LogP contribution in [0.25, 0.3) is 0 Å². The van der Waals surface area contributed by atoms with Gasteiger partial charge in [-0.1, -0.05) is 30.3 Å². The third-order valence-electron chi connectivity index (χ3n) is 4.64. The number of benzene rings is 2. The standard InChI is InChI=1S/C23H27BrN2O4/c1-23(2,3)30-22(28)26-13-11-25(12-14-26)21(27)19-10-9-18(15-20(19)24)29-16-17-7-5-4-6-8-17/h4-10,15H,11-14,16H2,1-3H3. The molecule has 30 heavy (non-hydrogen) atoms. The summed E-state index contributed by atoms with van der Waals surface area (Å²) in [7, 11) is 0. The van der Waals surface area contributed by atoms with Crippen molar-refractivity contribution in [1.29, 1.82) is 0 Å². The molecule has 0 radical (unpaired) electrons. The number of carbonyl (C=O) groups excluding carboxylic acids is 2. The Kier molecular flexibility index (Phi) is 7.02. The number of amides is 2. The SMILES string of the molecule is CC(C)(C)OC(=O)N1CCN(C(=O)c2ccc(OCc3ccccc3)cc2Br)CC1. The van der Waals surface area contributed by atoms with E-state index in [1.165, 1.54) is 0 Å². The number of halogens is 1. The van der Waals surface area contributed by atoms with Crippen LogP contribution in [0, 0.1) is 0 Å². The zero-order chi connectivity index (χ0) is 21.7. The van der Waals surface area contributed by atoms with E-state index in [1.807, 2.05) is 57.2 Å². The van der Waals surface area contributed by atoms with Crippen LogP contribution in [-0.2, 0) is 11.3 Å². The number of rotatable bonds is 4. The number of ether oxygens (including phenoxy) is 2. The summed E-state index contributed by atoms with van der Waals surface area (Å²) in [4.78, 5) is 28.5. The summed E-state index contributed by atoms with van der Waals surface area (Å²) < 4.78 is 11.9. The van der Waals surface area contributed by atoms with Gasteiger partial charge in [-0.05, 0) is 60.5 Å². The summed E-state index contributed by atoms with van der Waals surface area (Å²) in [6.45, 7) is 7.84. The van der Waals surface area contributed by atoms with Crippen molar-refractivity contribution >= 4 is 27.9 Å². The predicted molar refractivity (Wildman–Crippen MR) is 119 cm³/mol. The molecule has 2 aromatic carbocycles. The zero-order valence-electron chi connectivity index (χ0n) is 17.6. The molecule has 0 aromatic heterocycles. The minimum Gasteiger partial charge on any atom is -0.489 e. The fraction of sp³-hybridized carbons (Fsp3) is 0.391. The Morgan fingerprint density at radius 2 is 1.60 bits per heavy atom. The first-order valence-electron chi connectivity index (χ1n) is 9.96. The lowest BCUT2D eigenvalue weighted by atomic mass is 10.1. The number of carbonyl (C=O) groups is 2. The Hall–Kier alpha value is -2.54. The first-order chi connectivity index (χ1) is 14.2. The molecule has 3 rings (SSSR count). The molecule has 0 atom stereocenters. The summed E-state index contributed by atoms with van der Waals surface area (Å²) >= 11 is 3.50. The van der Waals surface area contributed by atoms with Crippen LogP contribution < -0.4 is 4.74 Å². The maximum Gasteiger partial charge on any atom is 0.410 e. The van der Waals surface area contributed by atoms with E-state index in [4.69, 9.17) is 9.47 Å². The maximum absolute atomic E-state index is 12.9. The van der Waals surface area contributed by atoms with Crippen molar-refractivity contribution in [2.75, 3.05) is 26.2 Å². The lowest BCUT2D eigenvalue weighted by molar-refractivity contribution is 0.0140. The molecule has 1 fully saturated rings. The minimum atomic E-state index is -0.529. The van der Waals surface area contributed by atoms with Crippen LogP contribution in [0.3, 0.4) is 0 Å². The Morgan fingerprint density at radius 3 is 2.20 bits per heavy atom. The van der Waals surface area contributed by atoms with E-state index in [1.54, 1.807) is 21.9 Å². The van der Waals surface area contributed by atoms with Gasteiger partial charge in [0.1, 0.15) is 18.0 Å². The van der Waals surface area contributed by atoms with Gasteiger partial charge < -0.3 is 19.3 Å².